The van der Waals surface area contributed by atoms with Gasteiger partial charge in [0.05, 0.1) is 41.5 Å². The maximum atomic E-state index is 14.0. The van der Waals surface area contributed by atoms with Crippen LogP contribution >= 0.6 is 0 Å². The molecular formula is C26H29F3N4O4. The van der Waals surface area contributed by atoms with Gasteiger partial charge in [-0.1, -0.05) is 0 Å². The Balaban J connectivity index is 1.66. The second-order valence-electron chi connectivity index (χ2n) is 9.35. The number of benzene rings is 2. The van der Waals surface area contributed by atoms with Crippen molar-refractivity contribution in [2.75, 3.05) is 25.5 Å². The highest BCUT2D eigenvalue weighted by Crippen LogP contribution is 2.38. The molecule has 11 heteroatoms. The normalized spacial score (nSPS) is 19.1. The lowest BCUT2D eigenvalue weighted by Gasteiger charge is -2.35. The van der Waals surface area contributed by atoms with Gasteiger partial charge in [-0.25, -0.2) is 4.98 Å². The molecule has 2 N–H and O–H groups in total. The highest BCUT2D eigenvalue weighted by molar-refractivity contribution is 5.95. The molecule has 0 saturated carbocycles. The molecule has 0 spiro atoms. The van der Waals surface area contributed by atoms with Crippen molar-refractivity contribution in [3.05, 3.63) is 63.2 Å². The molecule has 2 heterocycles. The number of aromatic amines is 1. The minimum Gasteiger partial charge on any atom is -0.495 e. The van der Waals surface area contributed by atoms with Gasteiger partial charge in [0.25, 0.3) is 11.5 Å². The number of hydrogen-bond donors (Lipinski definition) is 2. The second kappa shape index (κ2) is 10.0. The first-order chi connectivity index (χ1) is 17.4. The summed E-state index contributed by atoms with van der Waals surface area (Å²) in [7, 11) is 1.42. The van der Waals surface area contributed by atoms with E-state index in [2.05, 4.69) is 15.3 Å². The summed E-state index contributed by atoms with van der Waals surface area (Å²) >= 11 is 0. The Hall–Kier alpha value is -3.60. The number of amides is 1. The fourth-order valence-electron chi connectivity index (χ4n) is 4.70. The summed E-state index contributed by atoms with van der Waals surface area (Å²) in [6.45, 7) is 7.78. The van der Waals surface area contributed by atoms with E-state index in [1.54, 1.807) is 30.0 Å². The van der Waals surface area contributed by atoms with Crippen molar-refractivity contribution in [3.8, 4) is 5.75 Å². The van der Waals surface area contributed by atoms with Crippen molar-refractivity contribution in [3.63, 3.8) is 0 Å². The molecule has 3 atom stereocenters. The van der Waals surface area contributed by atoms with E-state index in [4.69, 9.17) is 9.47 Å². The van der Waals surface area contributed by atoms with E-state index in [1.165, 1.54) is 20.1 Å². The zero-order chi connectivity index (χ0) is 27.1. The van der Waals surface area contributed by atoms with Gasteiger partial charge in [-0.2, -0.15) is 13.2 Å². The third-order valence-corrected chi connectivity index (χ3v) is 6.29. The Morgan fingerprint density at radius 3 is 2.51 bits per heavy atom. The monoisotopic (exact) mass is 518 g/mol. The molecule has 1 aliphatic rings. The highest BCUT2D eigenvalue weighted by Gasteiger charge is 2.36. The minimum absolute atomic E-state index is 0.0308. The summed E-state index contributed by atoms with van der Waals surface area (Å²) in [6, 6.07) is 6.01. The number of H-pyrrole nitrogens is 1. The average Bonchev–Trinajstić information content (AvgIpc) is 2.81. The molecule has 0 bridgehead atoms. The molecule has 1 fully saturated rings. The Morgan fingerprint density at radius 1 is 1.22 bits per heavy atom. The van der Waals surface area contributed by atoms with Crippen LogP contribution in [0.1, 0.15) is 54.1 Å². The predicted octanol–water partition coefficient (Wildman–Crippen LogP) is 4.68. The fourth-order valence-corrected chi connectivity index (χ4v) is 4.70. The number of carbonyl (C=O) groups excluding carboxylic acids is 1. The summed E-state index contributed by atoms with van der Waals surface area (Å²) in [6.07, 6.45) is -4.84. The number of anilines is 1. The fraction of sp³-hybridized carbons (Fsp3) is 0.423. The van der Waals surface area contributed by atoms with Crippen molar-refractivity contribution in [2.24, 2.45) is 0 Å². The van der Waals surface area contributed by atoms with Gasteiger partial charge in [-0.3, -0.25) is 9.59 Å². The molecular weight excluding hydrogens is 489 g/mol. The second-order valence-corrected chi connectivity index (χ2v) is 9.35. The van der Waals surface area contributed by atoms with Crippen LogP contribution in [0, 0.1) is 6.92 Å². The maximum Gasteiger partial charge on any atom is 0.416 e. The van der Waals surface area contributed by atoms with Gasteiger partial charge in [-0.15, -0.1) is 0 Å². The molecule has 2 aromatic carbocycles. The average molecular weight is 519 g/mol. The number of aromatic nitrogens is 2. The Bertz CT molecular complexity index is 1380. The molecule has 1 amide bonds. The van der Waals surface area contributed by atoms with Crippen LogP contribution in [0.15, 0.2) is 35.1 Å². The zero-order valence-corrected chi connectivity index (χ0v) is 21.2. The van der Waals surface area contributed by atoms with Crippen LogP contribution in [0.5, 0.6) is 5.75 Å². The van der Waals surface area contributed by atoms with Crippen LogP contribution in [-0.2, 0) is 10.9 Å². The molecule has 3 aromatic rings. The number of rotatable bonds is 5. The topological polar surface area (TPSA) is 96.5 Å². The Labute approximate surface area is 211 Å². The molecule has 0 radical (unpaired) electrons. The third-order valence-electron chi connectivity index (χ3n) is 6.29. The third kappa shape index (κ3) is 5.56. The largest absolute Gasteiger partial charge is 0.495 e. The Kier molecular flexibility index (Phi) is 7.18. The van der Waals surface area contributed by atoms with Crippen molar-refractivity contribution < 1.29 is 27.4 Å². The van der Waals surface area contributed by atoms with Gasteiger partial charge < -0.3 is 24.7 Å². The number of hydrogen-bond acceptors (Lipinski definition) is 6. The van der Waals surface area contributed by atoms with E-state index in [-0.39, 0.29) is 40.4 Å². The summed E-state index contributed by atoms with van der Waals surface area (Å²) in [5.41, 5.74) is -0.757. The minimum atomic E-state index is -4.66. The van der Waals surface area contributed by atoms with Gasteiger partial charge >= 0.3 is 6.18 Å². The number of nitrogens with one attached hydrogen (secondary N) is 2. The molecule has 0 aliphatic carbocycles. The van der Waals surface area contributed by atoms with Crippen LogP contribution in [0.25, 0.3) is 10.9 Å². The molecule has 1 aliphatic heterocycles. The standard InChI is InChI=1S/C26H29F3N4O4/c1-13-11-33(12-14(2)37-13)25(35)17-6-7-21(23(8-17)36-5)30-15(3)18-9-19-22(10-20(18)26(27,28)29)31-16(4)32-24(19)34/h6-10,13-15,30H,11-12H2,1-5H3,(H,31,32,34)/t13-,14+,15?. The van der Waals surface area contributed by atoms with Crippen LogP contribution in [-0.4, -0.2) is 53.2 Å². The predicted molar refractivity (Wildman–Crippen MR) is 133 cm³/mol. The van der Waals surface area contributed by atoms with E-state index in [0.717, 1.165) is 6.07 Å². The molecule has 37 heavy (non-hydrogen) atoms. The number of morpholine rings is 1. The molecule has 4 rings (SSSR count). The van der Waals surface area contributed by atoms with Crippen molar-refractivity contribution in [1.29, 1.82) is 0 Å². The first-order valence-electron chi connectivity index (χ1n) is 11.9. The first kappa shape index (κ1) is 26.5. The molecule has 198 valence electrons. The van der Waals surface area contributed by atoms with Crippen molar-refractivity contribution in [2.45, 2.75) is 52.1 Å². The van der Waals surface area contributed by atoms with Gasteiger partial charge in [0.2, 0.25) is 0 Å². The number of carbonyl (C=O) groups is 1. The van der Waals surface area contributed by atoms with Gasteiger partial charge in [0.15, 0.2) is 0 Å². The Morgan fingerprint density at radius 2 is 1.89 bits per heavy atom. The lowest BCUT2D eigenvalue weighted by atomic mass is 9.98. The quantitative estimate of drug-likeness (QED) is 0.509. The number of aryl methyl sites for hydroxylation is 1. The molecule has 1 unspecified atom stereocenters. The van der Waals surface area contributed by atoms with E-state index < -0.39 is 23.3 Å². The zero-order valence-electron chi connectivity index (χ0n) is 21.2. The van der Waals surface area contributed by atoms with E-state index in [0.29, 0.717) is 30.1 Å². The lowest BCUT2D eigenvalue weighted by Crippen LogP contribution is -2.48. The van der Waals surface area contributed by atoms with E-state index in [9.17, 15) is 22.8 Å². The van der Waals surface area contributed by atoms with E-state index in [1.807, 2.05) is 13.8 Å². The first-order valence-corrected chi connectivity index (χ1v) is 11.9. The maximum absolute atomic E-state index is 14.0. The summed E-state index contributed by atoms with van der Waals surface area (Å²) in [4.78, 5) is 33.8. The summed E-state index contributed by atoms with van der Waals surface area (Å²) < 4.78 is 53.1. The summed E-state index contributed by atoms with van der Waals surface area (Å²) in [5.74, 6) is 0.345. The van der Waals surface area contributed by atoms with Crippen LogP contribution in [0.3, 0.4) is 0 Å². The number of methoxy groups -OCH3 is 1. The number of ether oxygens (including phenoxy) is 2. The lowest BCUT2D eigenvalue weighted by molar-refractivity contribution is -0.138. The molecule has 8 nitrogen and oxygen atoms in total. The van der Waals surface area contributed by atoms with E-state index >= 15 is 0 Å². The number of halogens is 3. The van der Waals surface area contributed by atoms with Gasteiger partial charge in [-0.05, 0) is 63.6 Å². The smallest absolute Gasteiger partial charge is 0.416 e. The number of fused-ring (bicyclic) bond motifs is 1. The van der Waals surface area contributed by atoms with Crippen LogP contribution in [0.4, 0.5) is 18.9 Å². The van der Waals surface area contributed by atoms with Crippen LogP contribution < -0.4 is 15.6 Å². The van der Waals surface area contributed by atoms with Gasteiger partial charge in [0, 0.05) is 24.7 Å². The van der Waals surface area contributed by atoms with Crippen molar-refractivity contribution in [1.82, 2.24) is 14.9 Å². The van der Waals surface area contributed by atoms with Crippen molar-refractivity contribution >= 4 is 22.5 Å². The SMILES string of the molecule is COc1cc(C(=O)N2C[C@@H](C)O[C@@H](C)C2)ccc1NC(C)c1cc2c(=O)[nH]c(C)nc2cc1C(F)(F)F. The highest BCUT2D eigenvalue weighted by atomic mass is 19.4. The molecule has 1 saturated heterocycles. The van der Waals surface area contributed by atoms with Crippen LogP contribution in [0.2, 0.25) is 0 Å². The number of nitrogens with zero attached hydrogens (tertiary/aromatic N) is 2. The molecule has 1 aromatic heterocycles. The number of alkyl halides is 3. The summed E-state index contributed by atoms with van der Waals surface area (Å²) in [5, 5.41) is 3.10. The van der Waals surface area contributed by atoms with Gasteiger partial charge in [0.1, 0.15) is 11.6 Å².